The minimum absolute atomic E-state index is 0.0770. The van der Waals surface area contributed by atoms with Crippen molar-refractivity contribution < 1.29 is 14.7 Å². The van der Waals surface area contributed by atoms with Gasteiger partial charge in [-0.1, -0.05) is 6.07 Å². The van der Waals surface area contributed by atoms with Crippen molar-refractivity contribution in [2.24, 2.45) is 0 Å². The van der Waals surface area contributed by atoms with Crippen LogP contribution < -0.4 is 5.32 Å². The van der Waals surface area contributed by atoms with E-state index in [0.717, 1.165) is 9.88 Å². The largest absolute Gasteiger partial charge is 0.477 e. The molecule has 0 aliphatic rings. The molecule has 0 aliphatic carbocycles. The lowest BCUT2D eigenvalue weighted by atomic mass is 10.3. The molecule has 0 radical (unpaired) electrons. The number of aromatic carboxylic acids is 1. The number of nitrogens with zero attached hydrogens (tertiary/aromatic N) is 2. The van der Waals surface area contributed by atoms with Crippen LogP contribution >= 0.6 is 11.3 Å². The first kappa shape index (κ1) is 13.2. The topological polar surface area (TPSA) is 92.2 Å². The maximum atomic E-state index is 11.8. The Balaban J connectivity index is 2.03. The molecule has 2 aromatic rings. The lowest BCUT2D eigenvalue weighted by Crippen LogP contribution is -2.24. The van der Waals surface area contributed by atoms with Gasteiger partial charge in [-0.3, -0.25) is 4.79 Å². The van der Waals surface area contributed by atoms with E-state index >= 15 is 0 Å². The van der Waals surface area contributed by atoms with Crippen molar-refractivity contribution in [1.82, 2.24) is 15.3 Å². The first-order chi connectivity index (χ1) is 9.06. The molecule has 0 saturated heterocycles. The molecule has 1 amide bonds. The number of aromatic nitrogens is 2. The van der Waals surface area contributed by atoms with Gasteiger partial charge in [0.15, 0.2) is 0 Å². The van der Waals surface area contributed by atoms with E-state index < -0.39 is 11.9 Å². The molecule has 2 heterocycles. The maximum Gasteiger partial charge on any atom is 0.354 e. The number of nitrogens with one attached hydrogen (secondary N) is 1. The van der Waals surface area contributed by atoms with Crippen LogP contribution in [-0.2, 0) is 6.54 Å². The van der Waals surface area contributed by atoms with Crippen molar-refractivity contribution >= 4 is 23.2 Å². The minimum Gasteiger partial charge on any atom is -0.477 e. The summed E-state index contributed by atoms with van der Waals surface area (Å²) in [5.74, 6) is -1.58. The Morgan fingerprint density at radius 3 is 2.74 bits per heavy atom. The quantitative estimate of drug-likeness (QED) is 0.883. The van der Waals surface area contributed by atoms with E-state index in [1.807, 2.05) is 6.92 Å². The van der Waals surface area contributed by atoms with Gasteiger partial charge < -0.3 is 10.4 Å². The highest BCUT2D eigenvalue weighted by atomic mass is 32.1. The zero-order valence-electron chi connectivity index (χ0n) is 10.1. The van der Waals surface area contributed by atoms with Gasteiger partial charge in [-0.05, 0) is 19.1 Å². The predicted octanol–water partition coefficient (Wildman–Crippen LogP) is 1.47. The number of pyridine rings is 1. The minimum atomic E-state index is -1.16. The van der Waals surface area contributed by atoms with Gasteiger partial charge in [-0.15, -0.1) is 11.3 Å². The van der Waals surface area contributed by atoms with Crippen molar-refractivity contribution in [3.63, 3.8) is 0 Å². The summed E-state index contributed by atoms with van der Waals surface area (Å²) in [6.07, 6.45) is 1.73. The third-order valence-electron chi connectivity index (χ3n) is 2.27. The second-order valence-corrected chi connectivity index (χ2v) is 5.08. The molecule has 0 unspecified atom stereocenters. The molecule has 0 spiro atoms. The molecule has 6 nitrogen and oxygen atoms in total. The molecule has 19 heavy (non-hydrogen) atoms. The van der Waals surface area contributed by atoms with Gasteiger partial charge in [-0.25, -0.2) is 14.8 Å². The molecule has 2 rings (SSSR count). The Hall–Kier alpha value is -2.28. The Morgan fingerprint density at radius 1 is 1.37 bits per heavy atom. The van der Waals surface area contributed by atoms with Gasteiger partial charge in [-0.2, -0.15) is 0 Å². The lowest BCUT2D eigenvalue weighted by molar-refractivity contribution is 0.0690. The predicted molar refractivity (Wildman–Crippen MR) is 69.2 cm³/mol. The van der Waals surface area contributed by atoms with E-state index in [-0.39, 0.29) is 11.4 Å². The number of carboxylic acid groups (broad SMARTS) is 1. The third-order valence-corrected chi connectivity index (χ3v) is 3.18. The number of hydrogen-bond donors (Lipinski definition) is 2. The summed E-state index contributed by atoms with van der Waals surface area (Å²) in [5, 5.41) is 12.2. The SMILES string of the molecule is Cc1cnc(CNC(=O)c2cccc(C(=O)O)n2)s1. The third kappa shape index (κ3) is 3.35. The average molecular weight is 277 g/mol. The maximum absolute atomic E-state index is 11.8. The fourth-order valence-electron chi connectivity index (χ4n) is 1.41. The highest BCUT2D eigenvalue weighted by Gasteiger charge is 2.11. The molecule has 2 N–H and O–H groups in total. The molecular weight excluding hydrogens is 266 g/mol. The Kier molecular flexibility index (Phi) is 3.86. The molecule has 0 saturated carbocycles. The molecule has 2 aromatic heterocycles. The number of thiazole rings is 1. The zero-order valence-corrected chi connectivity index (χ0v) is 10.9. The smallest absolute Gasteiger partial charge is 0.354 e. The fraction of sp³-hybridized carbons (Fsp3) is 0.167. The number of hydrogen-bond acceptors (Lipinski definition) is 5. The monoisotopic (exact) mass is 277 g/mol. The van der Waals surface area contributed by atoms with E-state index in [4.69, 9.17) is 5.11 Å². The highest BCUT2D eigenvalue weighted by Crippen LogP contribution is 2.10. The van der Waals surface area contributed by atoms with Crippen LogP contribution in [0.5, 0.6) is 0 Å². The van der Waals surface area contributed by atoms with Crippen LogP contribution in [0.15, 0.2) is 24.4 Å². The molecule has 0 fully saturated rings. The normalized spacial score (nSPS) is 10.2. The summed E-state index contributed by atoms with van der Waals surface area (Å²) in [5.41, 5.74) is -0.0779. The molecule has 7 heteroatoms. The number of aryl methyl sites for hydroxylation is 1. The van der Waals surface area contributed by atoms with Crippen LogP contribution in [0.25, 0.3) is 0 Å². The highest BCUT2D eigenvalue weighted by molar-refractivity contribution is 7.11. The van der Waals surface area contributed by atoms with Gasteiger partial charge in [0.2, 0.25) is 0 Å². The molecule has 0 aliphatic heterocycles. The van der Waals surface area contributed by atoms with Gasteiger partial charge in [0, 0.05) is 11.1 Å². The Morgan fingerprint density at radius 2 is 2.11 bits per heavy atom. The van der Waals surface area contributed by atoms with Crippen molar-refractivity contribution in [2.45, 2.75) is 13.5 Å². The molecule has 0 atom stereocenters. The van der Waals surface area contributed by atoms with Crippen molar-refractivity contribution in [3.05, 3.63) is 45.7 Å². The van der Waals surface area contributed by atoms with Crippen molar-refractivity contribution in [1.29, 1.82) is 0 Å². The van der Waals surface area contributed by atoms with Crippen LogP contribution in [0.4, 0.5) is 0 Å². The number of rotatable bonds is 4. The number of amides is 1. The molecule has 0 aromatic carbocycles. The van der Waals surface area contributed by atoms with E-state index in [0.29, 0.717) is 6.54 Å². The standard InChI is InChI=1S/C12H11N3O3S/c1-7-5-13-10(19-7)6-14-11(16)8-3-2-4-9(15-8)12(17)18/h2-5H,6H2,1H3,(H,14,16)(H,17,18). The lowest BCUT2D eigenvalue weighted by Gasteiger charge is -2.03. The second-order valence-electron chi connectivity index (χ2n) is 3.76. The van der Waals surface area contributed by atoms with E-state index in [2.05, 4.69) is 15.3 Å². The van der Waals surface area contributed by atoms with Gasteiger partial charge >= 0.3 is 5.97 Å². The van der Waals surface area contributed by atoms with Crippen LogP contribution in [-0.4, -0.2) is 27.0 Å². The van der Waals surface area contributed by atoms with Gasteiger partial charge in [0.1, 0.15) is 16.4 Å². The van der Waals surface area contributed by atoms with Crippen LogP contribution in [0.1, 0.15) is 30.9 Å². The second kappa shape index (κ2) is 5.57. The van der Waals surface area contributed by atoms with Gasteiger partial charge in [0.05, 0.1) is 6.54 Å². The summed E-state index contributed by atoms with van der Waals surface area (Å²) < 4.78 is 0. The van der Waals surface area contributed by atoms with E-state index in [1.165, 1.54) is 29.5 Å². The fourth-order valence-corrected chi connectivity index (χ4v) is 2.14. The van der Waals surface area contributed by atoms with Crippen LogP contribution in [0.2, 0.25) is 0 Å². The summed E-state index contributed by atoms with van der Waals surface area (Å²) in [6.45, 7) is 2.23. The Labute approximate surface area is 113 Å². The first-order valence-electron chi connectivity index (χ1n) is 5.46. The summed E-state index contributed by atoms with van der Waals surface area (Å²) in [4.78, 5) is 31.5. The summed E-state index contributed by atoms with van der Waals surface area (Å²) in [7, 11) is 0. The average Bonchev–Trinajstić information content (AvgIpc) is 2.82. The first-order valence-corrected chi connectivity index (χ1v) is 6.28. The number of carbonyl (C=O) groups is 2. The molecule has 0 bridgehead atoms. The van der Waals surface area contributed by atoms with Gasteiger partial charge in [0.25, 0.3) is 5.91 Å². The van der Waals surface area contributed by atoms with Crippen molar-refractivity contribution in [2.75, 3.05) is 0 Å². The van der Waals surface area contributed by atoms with Crippen LogP contribution in [0.3, 0.4) is 0 Å². The summed E-state index contributed by atoms with van der Waals surface area (Å²) >= 11 is 1.49. The Bertz CT molecular complexity index is 624. The molecular formula is C12H11N3O3S. The van der Waals surface area contributed by atoms with Crippen LogP contribution in [0, 0.1) is 6.92 Å². The molecule has 98 valence electrons. The number of carboxylic acids is 1. The van der Waals surface area contributed by atoms with E-state index in [1.54, 1.807) is 6.20 Å². The van der Waals surface area contributed by atoms with E-state index in [9.17, 15) is 9.59 Å². The summed E-state index contributed by atoms with van der Waals surface area (Å²) in [6, 6.07) is 4.29. The number of carbonyl (C=O) groups excluding carboxylic acids is 1. The van der Waals surface area contributed by atoms with Crippen molar-refractivity contribution in [3.8, 4) is 0 Å². The zero-order chi connectivity index (χ0) is 13.8.